The first-order chi connectivity index (χ1) is 14.2. The van der Waals surface area contributed by atoms with Gasteiger partial charge >= 0.3 is 0 Å². The zero-order valence-corrected chi connectivity index (χ0v) is 16.8. The van der Waals surface area contributed by atoms with Crippen molar-refractivity contribution < 1.29 is 9.53 Å². The Hall–Kier alpha value is -3.21. The van der Waals surface area contributed by atoms with Gasteiger partial charge in [-0.05, 0) is 42.0 Å². The third-order valence-corrected chi connectivity index (χ3v) is 5.57. The number of carbonyl (C=O) groups is 1. The zero-order valence-electron chi connectivity index (χ0n) is 16.8. The van der Waals surface area contributed by atoms with Gasteiger partial charge in [-0.3, -0.25) is 4.79 Å². The molecule has 0 bridgehead atoms. The van der Waals surface area contributed by atoms with Gasteiger partial charge in [0, 0.05) is 50.7 Å². The van der Waals surface area contributed by atoms with Crippen molar-refractivity contribution in [1.29, 1.82) is 0 Å². The van der Waals surface area contributed by atoms with Crippen molar-refractivity contribution in [2.45, 2.75) is 12.5 Å². The number of nitrogens with zero attached hydrogens (tertiary/aromatic N) is 3. The first-order valence-corrected chi connectivity index (χ1v) is 10.1. The van der Waals surface area contributed by atoms with Crippen LogP contribution in [0.4, 0.5) is 5.69 Å². The van der Waals surface area contributed by atoms with Crippen LogP contribution in [0.2, 0.25) is 0 Å². The predicted octanol–water partition coefficient (Wildman–Crippen LogP) is 3.63. The van der Waals surface area contributed by atoms with Crippen molar-refractivity contribution >= 4 is 11.6 Å². The molecular weight excluding hydrogens is 362 g/mol. The van der Waals surface area contributed by atoms with Crippen LogP contribution in [-0.4, -0.2) is 48.7 Å². The molecule has 2 heterocycles. The van der Waals surface area contributed by atoms with E-state index in [2.05, 4.69) is 29.2 Å². The topological polar surface area (TPSA) is 37.7 Å². The number of carbonyl (C=O) groups excluding carboxylic acids is 1. The van der Waals surface area contributed by atoms with Crippen molar-refractivity contribution in [2.75, 3.05) is 38.2 Å². The minimum atomic E-state index is -0.208. The molecule has 0 N–H and O–H groups in total. The molecule has 2 aromatic carbocycles. The lowest BCUT2D eigenvalue weighted by Gasteiger charge is -2.38. The number of rotatable bonds is 6. The van der Waals surface area contributed by atoms with Crippen LogP contribution in [0.3, 0.4) is 0 Å². The van der Waals surface area contributed by atoms with Crippen molar-refractivity contribution in [2.24, 2.45) is 0 Å². The van der Waals surface area contributed by atoms with Crippen LogP contribution in [0.25, 0.3) is 0 Å². The molecule has 0 unspecified atom stereocenters. The van der Waals surface area contributed by atoms with E-state index < -0.39 is 0 Å². The third-order valence-electron chi connectivity index (χ3n) is 5.57. The summed E-state index contributed by atoms with van der Waals surface area (Å²) < 4.78 is 7.27. The van der Waals surface area contributed by atoms with E-state index in [-0.39, 0.29) is 11.9 Å². The molecule has 1 atom stereocenters. The molecule has 29 heavy (non-hydrogen) atoms. The average Bonchev–Trinajstić information content (AvgIpc) is 3.32. The summed E-state index contributed by atoms with van der Waals surface area (Å²) in [5, 5.41) is 0. The minimum Gasteiger partial charge on any atom is -0.497 e. The van der Waals surface area contributed by atoms with E-state index in [1.807, 2.05) is 64.3 Å². The Morgan fingerprint density at radius 2 is 1.55 bits per heavy atom. The average molecular weight is 389 g/mol. The number of benzene rings is 2. The molecular formula is C24H27N3O2. The molecule has 0 aliphatic carbocycles. The summed E-state index contributed by atoms with van der Waals surface area (Å²) in [5.41, 5.74) is 2.35. The van der Waals surface area contributed by atoms with Crippen LogP contribution in [0.1, 0.15) is 11.6 Å². The molecule has 5 heteroatoms. The van der Waals surface area contributed by atoms with Gasteiger partial charge < -0.3 is 19.1 Å². The molecule has 0 saturated carbocycles. The Morgan fingerprint density at radius 1 is 0.897 bits per heavy atom. The Labute approximate surface area is 172 Å². The fraction of sp³-hybridized carbons (Fsp3) is 0.292. The Balaban J connectivity index is 1.43. The fourth-order valence-corrected chi connectivity index (χ4v) is 3.90. The highest BCUT2D eigenvalue weighted by atomic mass is 16.5. The second-order valence-electron chi connectivity index (χ2n) is 7.35. The lowest BCUT2D eigenvalue weighted by molar-refractivity contribution is -0.135. The Kier molecular flexibility index (Phi) is 5.84. The number of amides is 1. The molecule has 3 aromatic rings. The molecule has 1 fully saturated rings. The van der Waals surface area contributed by atoms with Gasteiger partial charge in [0.05, 0.1) is 7.11 Å². The molecule has 0 spiro atoms. The van der Waals surface area contributed by atoms with Gasteiger partial charge in [0.25, 0.3) is 0 Å². The summed E-state index contributed by atoms with van der Waals surface area (Å²) in [6.45, 7) is 3.14. The van der Waals surface area contributed by atoms with Gasteiger partial charge in [0.1, 0.15) is 11.8 Å². The maximum absolute atomic E-state index is 13.4. The van der Waals surface area contributed by atoms with Gasteiger partial charge in [-0.15, -0.1) is 0 Å². The number of anilines is 1. The second-order valence-corrected chi connectivity index (χ2v) is 7.35. The molecule has 5 nitrogen and oxygen atoms in total. The van der Waals surface area contributed by atoms with Crippen LogP contribution in [0, 0.1) is 0 Å². The van der Waals surface area contributed by atoms with E-state index in [0.717, 1.165) is 31.9 Å². The monoisotopic (exact) mass is 389 g/mol. The highest BCUT2D eigenvalue weighted by Crippen LogP contribution is 2.23. The van der Waals surface area contributed by atoms with Crippen LogP contribution in [-0.2, 0) is 11.2 Å². The maximum Gasteiger partial charge on any atom is 0.246 e. The number of hydrogen-bond acceptors (Lipinski definition) is 3. The van der Waals surface area contributed by atoms with Gasteiger partial charge in [-0.2, -0.15) is 0 Å². The normalized spacial score (nSPS) is 15.2. The molecule has 0 radical (unpaired) electrons. The lowest BCUT2D eigenvalue weighted by atomic mass is 10.0. The molecule has 1 aliphatic rings. The third kappa shape index (κ3) is 4.45. The number of methoxy groups -OCH3 is 1. The Bertz CT molecular complexity index is 899. The predicted molar refractivity (Wildman–Crippen MR) is 115 cm³/mol. The van der Waals surface area contributed by atoms with E-state index >= 15 is 0 Å². The van der Waals surface area contributed by atoms with Crippen LogP contribution < -0.4 is 9.64 Å². The fourth-order valence-electron chi connectivity index (χ4n) is 3.90. The van der Waals surface area contributed by atoms with Crippen LogP contribution >= 0.6 is 0 Å². The van der Waals surface area contributed by atoms with E-state index in [0.29, 0.717) is 6.42 Å². The van der Waals surface area contributed by atoms with Crippen molar-refractivity contribution in [3.8, 4) is 5.75 Å². The summed E-state index contributed by atoms with van der Waals surface area (Å²) in [4.78, 5) is 17.7. The first kappa shape index (κ1) is 19.1. The van der Waals surface area contributed by atoms with Crippen molar-refractivity contribution in [1.82, 2.24) is 9.47 Å². The largest absolute Gasteiger partial charge is 0.497 e. The zero-order chi connectivity index (χ0) is 20.1. The van der Waals surface area contributed by atoms with Gasteiger partial charge in [-0.1, -0.05) is 30.3 Å². The Morgan fingerprint density at radius 3 is 2.17 bits per heavy atom. The molecule has 4 rings (SSSR count). The summed E-state index contributed by atoms with van der Waals surface area (Å²) >= 11 is 0. The van der Waals surface area contributed by atoms with Crippen LogP contribution in [0.15, 0.2) is 79.1 Å². The molecule has 1 saturated heterocycles. The summed E-state index contributed by atoms with van der Waals surface area (Å²) in [6, 6.07) is 22.1. The van der Waals surface area contributed by atoms with Crippen LogP contribution in [0.5, 0.6) is 5.75 Å². The summed E-state index contributed by atoms with van der Waals surface area (Å²) in [7, 11) is 1.68. The van der Waals surface area contributed by atoms with Crippen molar-refractivity contribution in [3.63, 3.8) is 0 Å². The minimum absolute atomic E-state index is 0.194. The molecule has 1 amide bonds. The standard InChI is InChI=1S/C24H27N3O2/c1-29-22-11-9-21(10-12-22)25-15-17-27(18-16-25)24(28)23(26-13-5-6-14-26)19-20-7-3-2-4-8-20/h2-14,23H,15-19H2,1H3/t23-/m1/s1. The lowest BCUT2D eigenvalue weighted by Crippen LogP contribution is -2.50. The number of aromatic nitrogens is 1. The number of ether oxygens (including phenoxy) is 1. The highest BCUT2D eigenvalue weighted by molar-refractivity contribution is 5.81. The molecule has 1 aliphatic heterocycles. The highest BCUT2D eigenvalue weighted by Gasteiger charge is 2.28. The van der Waals surface area contributed by atoms with E-state index in [1.165, 1.54) is 11.3 Å². The summed E-state index contributed by atoms with van der Waals surface area (Å²) in [6.07, 6.45) is 4.67. The van der Waals surface area contributed by atoms with Gasteiger partial charge in [-0.25, -0.2) is 0 Å². The SMILES string of the molecule is COc1ccc(N2CCN(C(=O)[C@@H](Cc3ccccc3)n3cccc3)CC2)cc1. The number of hydrogen-bond donors (Lipinski definition) is 0. The summed E-state index contributed by atoms with van der Waals surface area (Å²) in [5.74, 6) is 1.05. The second kappa shape index (κ2) is 8.86. The van der Waals surface area contributed by atoms with E-state index in [4.69, 9.17) is 4.74 Å². The smallest absolute Gasteiger partial charge is 0.246 e. The van der Waals surface area contributed by atoms with Gasteiger partial charge in [0.2, 0.25) is 5.91 Å². The van der Waals surface area contributed by atoms with E-state index in [9.17, 15) is 4.79 Å². The molecule has 150 valence electrons. The number of piperazine rings is 1. The maximum atomic E-state index is 13.4. The van der Waals surface area contributed by atoms with Crippen molar-refractivity contribution in [3.05, 3.63) is 84.7 Å². The van der Waals surface area contributed by atoms with Gasteiger partial charge in [0.15, 0.2) is 0 Å². The quantitative estimate of drug-likeness (QED) is 0.646. The first-order valence-electron chi connectivity index (χ1n) is 10.1. The van der Waals surface area contributed by atoms with E-state index in [1.54, 1.807) is 7.11 Å². The molecule has 1 aromatic heterocycles.